The number of amides is 1. The number of thiophene rings is 1. The lowest BCUT2D eigenvalue weighted by atomic mass is 10.2. The number of rotatable bonds is 4. The van der Waals surface area contributed by atoms with E-state index < -0.39 is 0 Å². The second-order valence-electron chi connectivity index (χ2n) is 4.99. The Morgan fingerprint density at radius 3 is 2.85 bits per heavy atom. The monoisotopic (exact) mass is 289 g/mol. The summed E-state index contributed by atoms with van der Waals surface area (Å²) in [6.07, 6.45) is 1.73. The lowest BCUT2D eigenvalue weighted by Gasteiger charge is -2.24. The number of anilines is 1. The van der Waals surface area contributed by atoms with Gasteiger partial charge >= 0.3 is 0 Å². The van der Waals surface area contributed by atoms with Gasteiger partial charge in [-0.3, -0.25) is 4.79 Å². The molecule has 2 heterocycles. The van der Waals surface area contributed by atoms with Crippen molar-refractivity contribution in [2.24, 2.45) is 0 Å². The minimum absolute atomic E-state index is 0.0574. The highest BCUT2D eigenvalue weighted by Crippen LogP contribution is 2.33. The molecule has 2 rings (SSSR count). The summed E-state index contributed by atoms with van der Waals surface area (Å²) >= 11 is 1.36. The maximum atomic E-state index is 12.6. The van der Waals surface area contributed by atoms with Crippen LogP contribution >= 0.6 is 11.3 Å². The van der Waals surface area contributed by atoms with E-state index in [0.29, 0.717) is 17.1 Å². The quantitative estimate of drug-likeness (QED) is 0.879. The number of nitrogens with zero attached hydrogens (tertiary/aromatic N) is 2. The second-order valence-corrected chi connectivity index (χ2v) is 5.99. The molecule has 5 heteroatoms. The largest absolute Gasteiger partial charge is 0.397 e. The van der Waals surface area contributed by atoms with E-state index in [-0.39, 0.29) is 11.9 Å². The summed E-state index contributed by atoms with van der Waals surface area (Å²) in [6, 6.07) is 3.93. The molecule has 0 radical (unpaired) electrons. The van der Waals surface area contributed by atoms with Gasteiger partial charge in [0.15, 0.2) is 0 Å². The molecule has 0 aliphatic carbocycles. The van der Waals surface area contributed by atoms with Crippen molar-refractivity contribution in [2.75, 3.05) is 12.3 Å². The molecule has 0 atom stereocenters. The number of aryl methyl sites for hydroxylation is 1. The number of nitrogens with two attached hydrogens (primary N) is 1. The van der Waals surface area contributed by atoms with Gasteiger partial charge in [0.05, 0.1) is 5.69 Å². The topological polar surface area (TPSA) is 59.2 Å². The van der Waals surface area contributed by atoms with Gasteiger partial charge < -0.3 is 10.6 Å². The zero-order valence-electron chi connectivity index (χ0n) is 12.0. The number of fused-ring (bicyclic) bond motifs is 1. The first kappa shape index (κ1) is 14.5. The molecular formula is C15H19N3OS. The average Bonchev–Trinajstić information content (AvgIpc) is 2.71. The van der Waals surface area contributed by atoms with Gasteiger partial charge in [-0.15, -0.1) is 17.9 Å². The Labute approximate surface area is 122 Å². The predicted molar refractivity (Wildman–Crippen MR) is 85.1 cm³/mol. The molecule has 0 spiro atoms. The van der Waals surface area contributed by atoms with Crippen LogP contribution in [0.4, 0.5) is 5.69 Å². The van der Waals surface area contributed by atoms with Gasteiger partial charge in [0, 0.05) is 23.7 Å². The number of hydrogen-bond donors (Lipinski definition) is 1. The number of nitrogen functional groups attached to an aromatic ring is 1. The first-order chi connectivity index (χ1) is 9.45. The summed E-state index contributed by atoms with van der Waals surface area (Å²) in [4.78, 5) is 20.2. The highest BCUT2D eigenvalue weighted by molar-refractivity contribution is 7.21. The first-order valence-corrected chi connectivity index (χ1v) is 7.34. The molecule has 0 unspecified atom stereocenters. The molecular weight excluding hydrogens is 270 g/mol. The van der Waals surface area contributed by atoms with Gasteiger partial charge in [-0.2, -0.15) is 0 Å². The zero-order valence-corrected chi connectivity index (χ0v) is 12.8. The summed E-state index contributed by atoms with van der Waals surface area (Å²) in [6.45, 7) is 10.1. The molecule has 20 heavy (non-hydrogen) atoms. The lowest BCUT2D eigenvalue weighted by molar-refractivity contribution is 0.0735. The van der Waals surface area contributed by atoms with Crippen molar-refractivity contribution < 1.29 is 4.79 Å². The van der Waals surface area contributed by atoms with Gasteiger partial charge in [0.1, 0.15) is 9.71 Å². The van der Waals surface area contributed by atoms with Gasteiger partial charge in [-0.25, -0.2) is 4.98 Å². The van der Waals surface area contributed by atoms with Crippen LogP contribution in [0, 0.1) is 6.92 Å². The highest BCUT2D eigenvalue weighted by Gasteiger charge is 2.23. The minimum Gasteiger partial charge on any atom is -0.397 e. The van der Waals surface area contributed by atoms with Crippen molar-refractivity contribution >= 4 is 33.1 Å². The third-order valence-electron chi connectivity index (χ3n) is 3.14. The van der Waals surface area contributed by atoms with Crippen LogP contribution in [0.25, 0.3) is 10.2 Å². The standard InChI is InChI=1S/C15H19N3OS/c1-5-8-18(9(2)3)15(19)13-12(16)11-7-6-10(4)17-14(11)20-13/h5-7,9H,1,8,16H2,2-4H3. The molecule has 0 bridgehead atoms. The SMILES string of the molecule is C=CCN(C(=O)c1sc2nc(C)ccc2c1N)C(C)C. The third kappa shape index (κ3) is 2.54. The molecule has 2 N–H and O–H groups in total. The van der Waals surface area contributed by atoms with Crippen LogP contribution < -0.4 is 5.73 Å². The van der Waals surface area contributed by atoms with Crippen molar-refractivity contribution in [1.82, 2.24) is 9.88 Å². The van der Waals surface area contributed by atoms with Crippen LogP contribution in [0.15, 0.2) is 24.8 Å². The summed E-state index contributed by atoms with van der Waals surface area (Å²) < 4.78 is 0. The van der Waals surface area contributed by atoms with Gasteiger partial charge in [-0.05, 0) is 32.9 Å². The fourth-order valence-corrected chi connectivity index (χ4v) is 3.14. The molecule has 0 saturated carbocycles. The predicted octanol–water partition coefficient (Wildman–Crippen LogP) is 3.22. The molecule has 1 amide bonds. The fraction of sp³-hybridized carbons (Fsp3) is 0.333. The lowest BCUT2D eigenvalue weighted by Crippen LogP contribution is -2.36. The van der Waals surface area contributed by atoms with E-state index in [9.17, 15) is 4.79 Å². The van der Waals surface area contributed by atoms with Crippen LogP contribution in [0.3, 0.4) is 0 Å². The number of carbonyl (C=O) groups is 1. The Morgan fingerprint density at radius 1 is 1.55 bits per heavy atom. The minimum atomic E-state index is -0.0574. The third-order valence-corrected chi connectivity index (χ3v) is 4.24. The normalized spacial score (nSPS) is 11.0. The van der Waals surface area contributed by atoms with E-state index in [1.165, 1.54) is 11.3 Å². The van der Waals surface area contributed by atoms with E-state index in [4.69, 9.17) is 5.73 Å². The van der Waals surface area contributed by atoms with E-state index in [2.05, 4.69) is 11.6 Å². The van der Waals surface area contributed by atoms with Gasteiger partial charge in [-0.1, -0.05) is 6.08 Å². The van der Waals surface area contributed by atoms with E-state index in [0.717, 1.165) is 15.9 Å². The molecule has 0 aliphatic heterocycles. The van der Waals surface area contributed by atoms with E-state index in [1.54, 1.807) is 11.0 Å². The Bertz CT molecular complexity index is 660. The number of aromatic nitrogens is 1. The van der Waals surface area contributed by atoms with Crippen molar-refractivity contribution in [3.8, 4) is 0 Å². The van der Waals surface area contributed by atoms with Crippen LogP contribution in [-0.4, -0.2) is 28.4 Å². The average molecular weight is 289 g/mol. The van der Waals surface area contributed by atoms with Crippen molar-refractivity contribution in [3.63, 3.8) is 0 Å². The molecule has 0 aliphatic rings. The molecule has 2 aromatic heterocycles. The molecule has 0 saturated heterocycles. The Balaban J connectivity index is 2.48. The Morgan fingerprint density at radius 2 is 2.25 bits per heavy atom. The van der Waals surface area contributed by atoms with Crippen LogP contribution in [0.2, 0.25) is 0 Å². The summed E-state index contributed by atoms with van der Waals surface area (Å²) in [5.74, 6) is -0.0574. The molecule has 0 aromatic carbocycles. The van der Waals surface area contributed by atoms with Crippen LogP contribution in [-0.2, 0) is 0 Å². The van der Waals surface area contributed by atoms with Crippen molar-refractivity contribution in [3.05, 3.63) is 35.4 Å². The van der Waals surface area contributed by atoms with E-state index >= 15 is 0 Å². The van der Waals surface area contributed by atoms with Crippen molar-refractivity contribution in [2.45, 2.75) is 26.8 Å². The molecule has 0 fully saturated rings. The summed E-state index contributed by atoms with van der Waals surface area (Å²) in [5.41, 5.74) is 7.57. The zero-order chi connectivity index (χ0) is 14.9. The number of pyridine rings is 1. The maximum absolute atomic E-state index is 12.6. The number of carbonyl (C=O) groups excluding carboxylic acids is 1. The molecule has 4 nitrogen and oxygen atoms in total. The summed E-state index contributed by atoms with van der Waals surface area (Å²) in [7, 11) is 0. The van der Waals surface area contributed by atoms with Crippen molar-refractivity contribution in [1.29, 1.82) is 0 Å². The van der Waals surface area contributed by atoms with Gasteiger partial charge in [0.25, 0.3) is 5.91 Å². The maximum Gasteiger partial charge on any atom is 0.266 e. The smallest absolute Gasteiger partial charge is 0.266 e. The first-order valence-electron chi connectivity index (χ1n) is 6.53. The Kier molecular flexibility index (Phi) is 4.09. The van der Waals surface area contributed by atoms with Crippen LogP contribution in [0.1, 0.15) is 29.2 Å². The Hall–Kier alpha value is -1.88. The van der Waals surface area contributed by atoms with Gasteiger partial charge in [0.2, 0.25) is 0 Å². The molecule has 2 aromatic rings. The molecule has 106 valence electrons. The highest BCUT2D eigenvalue weighted by atomic mass is 32.1. The fourth-order valence-electron chi connectivity index (χ4n) is 2.05. The van der Waals surface area contributed by atoms with Crippen LogP contribution in [0.5, 0.6) is 0 Å². The summed E-state index contributed by atoms with van der Waals surface area (Å²) in [5, 5.41) is 0.853. The number of hydrogen-bond acceptors (Lipinski definition) is 4. The van der Waals surface area contributed by atoms with E-state index in [1.807, 2.05) is 32.9 Å². The second kappa shape index (κ2) is 5.63.